The highest BCUT2D eigenvalue weighted by molar-refractivity contribution is 5.69. The number of hydrogen-bond acceptors (Lipinski definition) is 6. The van der Waals surface area contributed by atoms with Crippen LogP contribution in [0.4, 0.5) is 0 Å². The van der Waals surface area contributed by atoms with Crippen LogP contribution in [0.1, 0.15) is 233 Å². The molecule has 1 fully saturated rings. The number of ether oxygens (including phenoxy) is 2. The second-order valence-corrected chi connectivity index (χ2v) is 16.7. The number of carbonyl (C=O) groups excluding carboxylic acids is 2. The van der Waals surface area contributed by atoms with Gasteiger partial charge in [0.05, 0.1) is 13.2 Å². The first-order valence-corrected chi connectivity index (χ1v) is 23.1. The molecule has 1 saturated carbocycles. The zero-order valence-corrected chi connectivity index (χ0v) is 35.2. The minimum atomic E-state index is -0.0161. The van der Waals surface area contributed by atoms with Crippen molar-refractivity contribution in [2.45, 2.75) is 233 Å². The van der Waals surface area contributed by atoms with Gasteiger partial charge in [-0.05, 0) is 102 Å². The molecule has 0 aromatic carbocycles. The fourth-order valence-corrected chi connectivity index (χ4v) is 7.80. The summed E-state index contributed by atoms with van der Waals surface area (Å²) >= 11 is 0. The van der Waals surface area contributed by atoms with Gasteiger partial charge in [0.15, 0.2) is 0 Å². The van der Waals surface area contributed by atoms with Crippen LogP contribution in [0.25, 0.3) is 0 Å². The van der Waals surface area contributed by atoms with Crippen molar-refractivity contribution in [3.63, 3.8) is 0 Å². The van der Waals surface area contributed by atoms with E-state index in [9.17, 15) is 14.7 Å². The zero-order chi connectivity index (χ0) is 37.8. The molecular formula is C46H89NO5. The number of carbonyl (C=O) groups is 2. The van der Waals surface area contributed by atoms with E-state index in [0.29, 0.717) is 37.4 Å². The summed E-state index contributed by atoms with van der Waals surface area (Å²) in [5, 5.41) is 9.30. The van der Waals surface area contributed by atoms with Gasteiger partial charge in [-0.25, -0.2) is 0 Å². The summed E-state index contributed by atoms with van der Waals surface area (Å²) in [7, 11) is 0. The van der Waals surface area contributed by atoms with Crippen molar-refractivity contribution >= 4 is 11.9 Å². The van der Waals surface area contributed by atoms with Crippen LogP contribution in [0.2, 0.25) is 0 Å². The van der Waals surface area contributed by atoms with Crippen molar-refractivity contribution in [3.8, 4) is 0 Å². The Morgan fingerprint density at radius 2 is 1.00 bits per heavy atom. The molecule has 0 bridgehead atoms. The monoisotopic (exact) mass is 736 g/mol. The highest BCUT2D eigenvalue weighted by atomic mass is 16.5. The van der Waals surface area contributed by atoms with Crippen LogP contribution in [0.5, 0.6) is 0 Å². The first-order chi connectivity index (χ1) is 25.5. The number of esters is 2. The topological polar surface area (TPSA) is 76.1 Å². The molecule has 0 spiro atoms. The van der Waals surface area contributed by atoms with Gasteiger partial charge in [-0.1, -0.05) is 149 Å². The predicted octanol–water partition coefficient (Wildman–Crippen LogP) is 12.9. The average Bonchev–Trinajstić information content (AvgIpc) is 3.92. The Bertz CT molecular complexity index is 788. The average molecular weight is 736 g/mol. The van der Waals surface area contributed by atoms with E-state index in [1.807, 2.05) is 0 Å². The van der Waals surface area contributed by atoms with E-state index in [4.69, 9.17) is 9.47 Å². The van der Waals surface area contributed by atoms with Gasteiger partial charge in [-0.15, -0.1) is 0 Å². The van der Waals surface area contributed by atoms with E-state index in [2.05, 4.69) is 25.7 Å². The Labute approximate surface area is 323 Å². The third-order valence-corrected chi connectivity index (χ3v) is 11.7. The van der Waals surface area contributed by atoms with Crippen molar-refractivity contribution in [3.05, 3.63) is 0 Å². The molecule has 308 valence electrons. The molecule has 1 aliphatic carbocycles. The van der Waals surface area contributed by atoms with Crippen LogP contribution in [0.15, 0.2) is 0 Å². The number of rotatable bonds is 41. The molecule has 0 aliphatic heterocycles. The molecule has 0 aromatic rings. The molecule has 1 rings (SSSR count). The molecule has 6 heteroatoms. The maximum Gasteiger partial charge on any atom is 0.305 e. The quantitative estimate of drug-likeness (QED) is 0.0498. The van der Waals surface area contributed by atoms with Crippen molar-refractivity contribution in [2.75, 3.05) is 39.5 Å². The standard InChI is InChI=1S/C46H89NO5/c1-4-7-10-13-14-16-21-30-44(49)51-41-27-18-15-17-23-37-47(39-25-26-40-48)38-24-22-33-46(35-36-46)34-31-45(50)52-42-32-43(28-19-11-8-5-2)29-20-12-9-6-3/h43,48H,4-42H2,1-3H3. The van der Waals surface area contributed by atoms with Crippen molar-refractivity contribution in [2.24, 2.45) is 11.3 Å². The molecular weight excluding hydrogens is 647 g/mol. The van der Waals surface area contributed by atoms with E-state index in [1.165, 1.54) is 148 Å². The molecule has 52 heavy (non-hydrogen) atoms. The van der Waals surface area contributed by atoms with Gasteiger partial charge in [-0.3, -0.25) is 9.59 Å². The van der Waals surface area contributed by atoms with Crippen LogP contribution in [0.3, 0.4) is 0 Å². The molecule has 1 N–H and O–H groups in total. The maximum atomic E-state index is 12.7. The predicted molar refractivity (Wildman–Crippen MR) is 221 cm³/mol. The Hall–Kier alpha value is -1.14. The van der Waals surface area contributed by atoms with Gasteiger partial charge in [-0.2, -0.15) is 0 Å². The first-order valence-electron chi connectivity index (χ1n) is 23.1. The molecule has 0 atom stereocenters. The smallest absolute Gasteiger partial charge is 0.305 e. The minimum Gasteiger partial charge on any atom is -0.466 e. The zero-order valence-electron chi connectivity index (χ0n) is 35.2. The van der Waals surface area contributed by atoms with Crippen LogP contribution in [0, 0.1) is 11.3 Å². The Morgan fingerprint density at radius 3 is 1.60 bits per heavy atom. The van der Waals surface area contributed by atoms with E-state index in [0.717, 1.165) is 71.0 Å². The normalized spacial score (nSPS) is 13.7. The lowest BCUT2D eigenvalue weighted by molar-refractivity contribution is -0.145. The molecule has 0 amide bonds. The number of hydrogen-bond donors (Lipinski definition) is 1. The largest absolute Gasteiger partial charge is 0.466 e. The summed E-state index contributed by atoms with van der Waals surface area (Å²) < 4.78 is 11.2. The van der Waals surface area contributed by atoms with Gasteiger partial charge in [0, 0.05) is 19.4 Å². The summed E-state index contributed by atoms with van der Waals surface area (Å²) in [5.74, 6) is 0.723. The summed E-state index contributed by atoms with van der Waals surface area (Å²) in [6.45, 7) is 11.6. The lowest BCUT2D eigenvalue weighted by Crippen LogP contribution is -2.27. The summed E-state index contributed by atoms with van der Waals surface area (Å²) in [6.07, 6.45) is 38.9. The van der Waals surface area contributed by atoms with E-state index >= 15 is 0 Å². The third kappa shape index (κ3) is 30.2. The van der Waals surface area contributed by atoms with Gasteiger partial charge in [0.2, 0.25) is 0 Å². The SMILES string of the molecule is CCCCCCCCCC(=O)OCCCCCCCN(CCCCO)CCCCC1(CCC(=O)OCCC(CCCCCC)CCCCCC)CC1. The number of aliphatic hydroxyl groups excluding tert-OH is 1. The van der Waals surface area contributed by atoms with Crippen LogP contribution in [-0.4, -0.2) is 61.4 Å². The lowest BCUT2D eigenvalue weighted by atomic mass is 9.92. The minimum absolute atomic E-state index is 0.0161. The van der Waals surface area contributed by atoms with Crippen LogP contribution < -0.4 is 0 Å². The Morgan fingerprint density at radius 1 is 0.519 bits per heavy atom. The van der Waals surface area contributed by atoms with E-state index in [1.54, 1.807) is 0 Å². The lowest BCUT2D eigenvalue weighted by Gasteiger charge is -2.23. The fraction of sp³-hybridized carbons (Fsp3) is 0.957. The molecule has 1 aliphatic rings. The molecule has 6 nitrogen and oxygen atoms in total. The van der Waals surface area contributed by atoms with Gasteiger partial charge in [0.25, 0.3) is 0 Å². The Kier molecular flexibility index (Phi) is 33.4. The number of nitrogens with zero attached hydrogens (tertiary/aromatic N) is 1. The molecule has 0 heterocycles. The first kappa shape index (κ1) is 48.9. The number of aliphatic hydroxyl groups is 1. The maximum absolute atomic E-state index is 12.7. The van der Waals surface area contributed by atoms with Gasteiger partial charge >= 0.3 is 11.9 Å². The molecule has 0 unspecified atom stereocenters. The summed E-state index contributed by atoms with van der Waals surface area (Å²) in [4.78, 5) is 27.3. The van der Waals surface area contributed by atoms with Crippen molar-refractivity contribution in [1.29, 1.82) is 0 Å². The van der Waals surface area contributed by atoms with Crippen molar-refractivity contribution < 1.29 is 24.2 Å². The highest BCUT2D eigenvalue weighted by Gasteiger charge is 2.41. The van der Waals surface area contributed by atoms with Crippen LogP contribution >= 0.6 is 0 Å². The molecule has 0 radical (unpaired) electrons. The van der Waals surface area contributed by atoms with E-state index in [-0.39, 0.29) is 18.5 Å². The second-order valence-electron chi connectivity index (χ2n) is 16.7. The summed E-state index contributed by atoms with van der Waals surface area (Å²) in [6, 6.07) is 0. The number of unbranched alkanes of at least 4 members (excludes halogenated alkanes) is 18. The summed E-state index contributed by atoms with van der Waals surface area (Å²) in [5.41, 5.74) is 0.393. The molecule has 0 saturated heterocycles. The van der Waals surface area contributed by atoms with Gasteiger partial charge < -0.3 is 19.5 Å². The third-order valence-electron chi connectivity index (χ3n) is 11.7. The van der Waals surface area contributed by atoms with Gasteiger partial charge in [0.1, 0.15) is 0 Å². The van der Waals surface area contributed by atoms with E-state index < -0.39 is 0 Å². The second kappa shape index (κ2) is 35.6. The fourth-order valence-electron chi connectivity index (χ4n) is 7.80. The highest BCUT2D eigenvalue weighted by Crippen LogP contribution is 2.53. The Balaban J connectivity index is 2.18. The van der Waals surface area contributed by atoms with Crippen molar-refractivity contribution in [1.82, 2.24) is 4.90 Å². The van der Waals surface area contributed by atoms with Crippen LogP contribution in [-0.2, 0) is 19.1 Å². The molecule has 0 aromatic heterocycles.